The molecule has 0 aliphatic carbocycles. The van der Waals surface area contributed by atoms with Crippen LogP contribution in [0.3, 0.4) is 0 Å². The van der Waals surface area contributed by atoms with E-state index >= 15 is 0 Å². The lowest BCUT2D eigenvalue weighted by molar-refractivity contribution is 0.112. The van der Waals surface area contributed by atoms with Crippen LogP contribution in [0.25, 0.3) is 11.3 Å². The number of benzene rings is 1. The average molecular weight is 199 g/mol. The number of carbonyl (C=O) groups is 1. The molecule has 0 amide bonds. The fourth-order valence-corrected chi connectivity index (χ4v) is 1.26. The molecule has 1 aromatic heterocycles. The molecule has 1 aromatic carbocycles. The topological polar surface area (TPSA) is 68.9 Å². The summed E-state index contributed by atoms with van der Waals surface area (Å²) in [7, 11) is 0. The van der Waals surface area contributed by atoms with Crippen LogP contribution in [0.5, 0.6) is 0 Å². The van der Waals surface area contributed by atoms with Crippen molar-refractivity contribution in [3.05, 3.63) is 42.2 Å². The van der Waals surface area contributed by atoms with Crippen LogP contribution in [-0.2, 0) is 0 Å². The standard InChI is InChI=1S/C11H9N3O/c12-11-5-10(13-7-14-11)9-3-1-8(6-15)2-4-9/h1-7H,(H2,12,13,14). The Morgan fingerprint density at radius 1 is 1.13 bits per heavy atom. The Labute approximate surface area is 86.8 Å². The molecular weight excluding hydrogens is 190 g/mol. The molecule has 0 aliphatic heterocycles. The summed E-state index contributed by atoms with van der Waals surface area (Å²) in [6.45, 7) is 0. The summed E-state index contributed by atoms with van der Waals surface area (Å²) in [6, 6.07) is 8.81. The smallest absolute Gasteiger partial charge is 0.150 e. The Morgan fingerprint density at radius 2 is 1.87 bits per heavy atom. The van der Waals surface area contributed by atoms with Gasteiger partial charge in [-0.25, -0.2) is 9.97 Å². The molecule has 4 heteroatoms. The summed E-state index contributed by atoms with van der Waals surface area (Å²) in [4.78, 5) is 18.4. The molecule has 0 spiro atoms. The number of aldehydes is 1. The van der Waals surface area contributed by atoms with Crippen molar-refractivity contribution in [3.63, 3.8) is 0 Å². The first-order valence-corrected chi connectivity index (χ1v) is 4.43. The zero-order chi connectivity index (χ0) is 10.7. The van der Waals surface area contributed by atoms with E-state index in [-0.39, 0.29) is 0 Å². The van der Waals surface area contributed by atoms with Gasteiger partial charge < -0.3 is 5.73 Å². The predicted octanol–water partition coefficient (Wildman–Crippen LogP) is 1.54. The lowest BCUT2D eigenvalue weighted by Crippen LogP contribution is -1.92. The number of hydrogen-bond acceptors (Lipinski definition) is 4. The van der Waals surface area contributed by atoms with Crippen LogP contribution < -0.4 is 5.73 Å². The van der Waals surface area contributed by atoms with Crippen LogP contribution in [-0.4, -0.2) is 16.3 Å². The summed E-state index contributed by atoms with van der Waals surface area (Å²) in [5.74, 6) is 0.430. The van der Waals surface area contributed by atoms with E-state index in [1.165, 1.54) is 6.33 Å². The first-order valence-electron chi connectivity index (χ1n) is 4.43. The Morgan fingerprint density at radius 3 is 2.47 bits per heavy atom. The molecule has 1 heterocycles. The highest BCUT2D eigenvalue weighted by Crippen LogP contribution is 2.17. The zero-order valence-electron chi connectivity index (χ0n) is 7.92. The minimum absolute atomic E-state index is 0.430. The molecule has 0 bridgehead atoms. The summed E-state index contributed by atoms with van der Waals surface area (Å²) in [5.41, 5.74) is 7.85. The Bertz CT molecular complexity index is 479. The average Bonchev–Trinajstić information content (AvgIpc) is 2.29. The van der Waals surface area contributed by atoms with Crippen LogP contribution in [0.1, 0.15) is 10.4 Å². The molecule has 15 heavy (non-hydrogen) atoms. The van der Waals surface area contributed by atoms with E-state index in [1.807, 2.05) is 12.1 Å². The lowest BCUT2D eigenvalue weighted by Gasteiger charge is -2.00. The zero-order valence-corrected chi connectivity index (χ0v) is 7.92. The fraction of sp³-hybridized carbons (Fsp3) is 0. The van der Waals surface area contributed by atoms with Crippen molar-refractivity contribution in [3.8, 4) is 11.3 Å². The number of nitrogen functional groups attached to an aromatic ring is 1. The Balaban J connectivity index is 2.41. The third-order valence-corrected chi connectivity index (χ3v) is 2.03. The number of carbonyl (C=O) groups excluding carboxylic acids is 1. The van der Waals surface area contributed by atoms with Gasteiger partial charge in [-0.15, -0.1) is 0 Å². The van der Waals surface area contributed by atoms with Crippen LogP contribution in [0.15, 0.2) is 36.7 Å². The van der Waals surface area contributed by atoms with E-state index in [9.17, 15) is 4.79 Å². The second-order valence-electron chi connectivity index (χ2n) is 3.07. The summed E-state index contributed by atoms with van der Waals surface area (Å²) in [5, 5.41) is 0. The van der Waals surface area contributed by atoms with Gasteiger partial charge in [-0.3, -0.25) is 4.79 Å². The fourth-order valence-electron chi connectivity index (χ4n) is 1.26. The van der Waals surface area contributed by atoms with Gasteiger partial charge in [0.2, 0.25) is 0 Å². The number of rotatable bonds is 2. The normalized spacial score (nSPS) is 9.87. The van der Waals surface area contributed by atoms with Crippen LogP contribution in [0.4, 0.5) is 5.82 Å². The van der Waals surface area contributed by atoms with Crippen molar-refractivity contribution in [2.24, 2.45) is 0 Å². The number of aromatic nitrogens is 2. The van der Waals surface area contributed by atoms with E-state index < -0.39 is 0 Å². The van der Waals surface area contributed by atoms with Gasteiger partial charge in [0.25, 0.3) is 0 Å². The van der Waals surface area contributed by atoms with Crippen LogP contribution in [0.2, 0.25) is 0 Å². The Hall–Kier alpha value is -2.23. The van der Waals surface area contributed by atoms with Gasteiger partial charge in [-0.2, -0.15) is 0 Å². The number of nitrogens with two attached hydrogens (primary N) is 1. The molecule has 0 atom stereocenters. The molecule has 0 radical (unpaired) electrons. The van der Waals surface area contributed by atoms with E-state index in [2.05, 4.69) is 9.97 Å². The summed E-state index contributed by atoms with van der Waals surface area (Å²) >= 11 is 0. The van der Waals surface area contributed by atoms with Crippen molar-refractivity contribution in [1.82, 2.24) is 9.97 Å². The van der Waals surface area contributed by atoms with E-state index in [0.29, 0.717) is 11.4 Å². The highest BCUT2D eigenvalue weighted by molar-refractivity contribution is 5.76. The second kappa shape index (κ2) is 3.88. The first kappa shape index (κ1) is 9.33. The maximum absolute atomic E-state index is 10.5. The van der Waals surface area contributed by atoms with Crippen LogP contribution in [0, 0.1) is 0 Å². The second-order valence-corrected chi connectivity index (χ2v) is 3.07. The van der Waals surface area contributed by atoms with Gasteiger partial charge in [-0.1, -0.05) is 24.3 Å². The molecule has 2 aromatic rings. The lowest BCUT2D eigenvalue weighted by atomic mass is 10.1. The van der Waals surface area contributed by atoms with Gasteiger partial charge >= 0.3 is 0 Å². The quantitative estimate of drug-likeness (QED) is 0.745. The Kier molecular flexibility index (Phi) is 2.41. The largest absolute Gasteiger partial charge is 0.384 e. The minimum Gasteiger partial charge on any atom is -0.384 e. The minimum atomic E-state index is 0.430. The van der Waals surface area contributed by atoms with Crippen molar-refractivity contribution in [2.45, 2.75) is 0 Å². The van der Waals surface area contributed by atoms with E-state index in [1.54, 1.807) is 18.2 Å². The van der Waals surface area contributed by atoms with Gasteiger partial charge in [0.05, 0.1) is 5.69 Å². The number of hydrogen-bond donors (Lipinski definition) is 1. The number of nitrogens with zero attached hydrogens (tertiary/aromatic N) is 2. The molecule has 2 N–H and O–H groups in total. The first-order chi connectivity index (χ1) is 7.29. The third-order valence-electron chi connectivity index (χ3n) is 2.03. The van der Waals surface area contributed by atoms with Gasteiger partial charge in [0, 0.05) is 17.2 Å². The molecule has 2 rings (SSSR count). The maximum Gasteiger partial charge on any atom is 0.150 e. The monoisotopic (exact) mass is 199 g/mol. The molecule has 0 saturated heterocycles. The SMILES string of the molecule is Nc1cc(-c2ccc(C=O)cc2)ncn1. The molecule has 74 valence electrons. The highest BCUT2D eigenvalue weighted by Gasteiger charge is 1.99. The van der Waals surface area contributed by atoms with Crippen molar-refractivity contribution in [2.75, 3.05) is 5.73 Å². The van der Waals surface area contributed by atoms with Gasteiger partial charge in [0.15, 0.2) is 0 Å². The molecule has 0 saturated carbocycles. The van der Waals surface area contributed by atoms with Crippen molar-refractivity contribution < 1.29 is 4.79 Å². The third kappa shape index (κ3) is 1.99. The number of anilines is 1. The highest BCUT2D eigenvalue weighted by atomic mass is 16.1. The van der Waals surface area contributed by atoms with Crippen molar-refractivity contribution in [1.29, 1.82) is 0 Å². The van der Waals surface area contributed by atoms with E-state index in [4.69, 9.17) is 5.73 Å². The van der Waals surface area contributed by atoms with Gasteiger partial charge in [-0.05, 0) is 0 Å². The molecule has 0 fully saturated rings. The van der Waals surface area contributed by atoms with Gasteiger partial charge in [0.1, 0.15) is 18.4 Å². The van der Waals surface area contributed by atoms with E-state index in [0.717, 1.165) is 17.5 Å². The molecule has 4 nitrogen and oxygen atoms in total. The summed E-state index contributed by atoms with van der Waals surface area (Å²) < 4.78 is 0. The molecule has 0 unspecified atom stereocenters. The predicted molar refractivity (Wildman–Crippen MR) is 57.3 cm³/mol. The maximum atomic E-state index is 10.5. The van der Waals surface area contributed by atoms with Crippen molar-refractivity contribution >= 4 is 12.1 Å². The van der Waals surface area contributed by atoms with Crippen LogP contribution >= 0.6 is 0 Å². The molecular formula is C11H9N3O. The summed E-state index contributed by atoms with van der Waals surface area (Å²) in [6.07, 6.45) is 2.22. The molecule has 0 aliphatic rings.